The van der Waals surface area contributed by atoms with Gasteiger partial charge >= 0.3 is 11.9 Å². The number of aliphatic hydroxyl groups excluding tert-OH is 2. The second-order valence-electron chi connectivity index (χ2n) is 20.6. The molecule has 0 aliphatic rings. The van der Waals surface area contributed by atoms with E-state index >= 15 is 0 Å². The molecule has 4 aromatic rings. The summed E-state index contributed by atoms with van der Waals surface area (Å²) in [6.45, 7) is 28.9. The number of likely N-dealkylation sites (N-methyl/N-ethyl adjacent to an activating group) is 2. The van der Waals surface area contributed by atoms with Crippen LogP contribution in [-0.4, -0.2) is 111 Å². The van der Waals surface area contributed by atoms with Gasteiger partial charge in [-0.15, -0.1) is 22.7 Å². The van der Waals surface area contributed by atoms with Crippen LogP contribution in [0.4, 0.5) is 0 Å². The maximum atomic E-state index is 13.1. The number of hydrogen-bond acceptors (Lipinski definition) is 12. The topological polar surface area (TPSA) is 152 Å². The van der Waals surface area contributed by atoms with Crippen molar-refractivity contribution in [1.29, 1.82) is 0 Å². The molecule has 2 aromatic carbocycles. The average molecular weight is 1010 g/mol. The summed E-state index contributed by atoms with van der Waals surface area (Å²) < 4.78 is 21.3. The fourth-order valence-corrected chi connectivity index (χ4v) is 11.3. The number of nitrogens with zero attached hydrogens (tertiary/aromatic N) is 2. The Morgan fingerprint density at radius 2 is 0.857 bits per heavy atom. The molecule has 0 saturated carbocycles. The van der Waals surface area contributed by atoms with Crippen molar-refractivity contribution in [2.45, 2.75) is 146 Å². The maximum Gasteiger partial charge on any atom is 0.325 e. The lowest BCUT2D eigenvalue weighted by Crippen LogP contribution is -2.32. The Kier molecular flexibility index (Phi) is 21.3. The van der Waals surface area contributed by atoms with Crippen molar-refractivity contribution in [2.75, 3.05) is 54.6 Å². The highest BCUT2D eigenvalue weighted by atomic mass is 32.1. The number of ether oxygens (including phenoxy) is 4. The first-order valence-corrected chi connectivity index (χ1v) is 25.9. The van der Waals surface area contributed by atoms with E-state index in [9.17, 15) is 29.4 Å². The van der Waals surface area contributed by atoms with Crippen LogP contribution in [0, 0.1) is 38.5 Å². The second kappa shape index (κ2) is 25.1. The minimum Gasteiger partial charge on any atom is -0.491 e. The fraction of sp³-hybridized carbons (Fsp3) is 0.571. The van der Waals surface area contributed by atoms with E-state index in [1.54, 1.807) is 14.1 Å². The molecule has 2 N–H and O–H groups in total. The Labute approximate surface area is 426 Å². The molecular weight excluding hydrogens is 925 g/mol. The molecule has 12 nitrogen and oxygen atoms in total. The number of aliphatic hydroxyl groups is 2. The first kappa shape index (κ1) is 59.5. The molecule has 0 bridgehead atoms. The molecular formula is C56H82N2O10S2. The number of benzene rings is 2. The van der Waals surface area contributed by atoms with Crippen LogP contribution < -0.4 is 9.47 Å². The van der Waals surface area contributed by atoms with Gasteiger partial charge in [-0.25, -0.2) is 0 Å². The smallest absolute Gasteiger partial charge is 0.325 e. The van der Waals surface area contributed by atoms with Gasteiger partial charge in [0.05, 0.1) is 36.2 Å². The first-order chi connectivity index (χ1) is 32.6. The van der Waals surface area contributed by atoms with E-state index in [1.165, 1.54) is 57.8 Å². The number of aryl methyl sites for hydroxylation is 4. The molecule has 2 amide bonds. The molecule has 14 heteroatoms. The van der Waals surface area contributed by atoms with Gasteiger partial charge in [0.2, 0.25) is 0 Å². The second-order valence-corrected chi connectivity index (χ2v) is 22.7. The van der Waals surface area contributed by atoms with Gasteiger partial charge < -0.3 is 39.0 Å². The number of esters is 2. The highest BCUT2D eigenvalue weighted by Crippen LogP contribution is 2.46. The number of rotatable bonds is 20. The Balaban J connectivity index is 0.000000370. The summed E-state index contributed by atoms with van der Waals surface area (Å²) in [5.74, 6) is 0.283. The zero-order valence-electron chi connectivity index (χ0n) is 45.3. The lowest BCUT2D eigenvalue weighted by atomic mass is 9.74. The SMILES string of the molecule is CCC(CC)(c1ccc(OCC(O)C(C)(C)C)c(C)c1)c1cc(C)c(C(=O)N(C)CC(=O)OC)s1.CCC(CC)(c1ccc(OCC(O)C(C)(C)C)c(C)c1)c1cc(C)c(C(=O)N(C)CC(=O)OC)s1. The van der Waals surface area contributed by atoms with Crippen molar-refractivity contribution in [1.82, 2.24) is 9.80 Å². The van der Waals surface area contributed by atoms with Crippen LogP contribution in [0.2, 0.25) is 0 Å². The van der Waals surface area contributed by atoms with E-state index in [4.69, 9.17) is 18.9 Å². The number of carbonyl (C=O) groups excluding carboxylic acids is 4. The molecule has 2 aromatic heterocycles. The summed E-state index contributed by atoms with van der Waals surface area (Å²) in [5, 5.41) is 20.7. The summed E-state index contributed by atoms with van der Waals surface area (Å²) in [5.41, 5.74) is 5.20. The van der Waals surface area contributed by atoms with Gasteiger partial charge in [-0.1, -0.05) is 93.5 Å². The molecule has 0 fully saturated rings. The van der Waals surface area contributed by atoms with Crippen molar-refractivity contribution in [3.63, 3.8) is 0 Å². The minimum absolute atomic E-state index is 0.0841. The number of methoxy groups -OCH3 is 2. The van der Waals surface area contributed by atoms with E-state index in [-0.39, 0.29) is 59.8 Å². The number of hydrogen-bond donors (Lipinski definition) is 2. The molecule has 4 rings (SSSR count). The highest BCUT2D eigenvalue weighted by molar-refractivity contribution is 7.14. The molecule has 0 radical (unpaired) electrons. The quantitative estimate of drug-likeness (QED) is 0.0819. The number of carbonyl (C=O) groups is 4. The molecule has 0 spiro atoms. The Morgan fingerprint density at radius 3 is 1.11 bits per heavy atom. The van der Waals surface area contributed by atoms with Crippen molar-refractivity contribution < 1.29 is 48.3 Å². The van der Waals surface area contributed by atoms with Crippen molar-refractivity contribution in [2.24, 2.45) is 10.8 Å². The van der Waals surface area contributed by atoms with E-state index in [2.05, 4.69) is 64.1 Å². The summed E-state index contributed by atoms with van der Waals surface area (Å²) in [6.07, 6.45) is 2.37. The van der Waals surface area contributed by atoms with Crippen LogP contribution >= 0.6 is 22.7 Å². The van der Waals surface area contributed by atoms with Gasteiger partial charge in [0.25, 0.3) is 11.8 Å². The zero-order chi connectivity index (χ0) is 53.1. The summed E-state index contributed by atoms with van der Waals surface area (Å²) >= 11 is 3.00. The Morgan fingerprint density at radius 1 is 0.543 bits per heavy atom. The van der Waals surface area contributed by atoms with Crippen LogP contribution in [0.5, 0.6) is 11.5 Å². The van der Waals surface area contributed by atoms with E-state index < -0.39 is 24.1 Å². The molecule has 2 heterocycles. The maximum absolute atomic E-state index is 13.1. The fourth-order valence-electron chi connectivity index (χ4n) is 8.22. The predicted octanol–water partition coefficient (Wildman–Crippen LogP) is 11.0. The van der Waals surface area contributed by atoms with Crippen LogP contribution in [0.1, 0.15) is 157 Å². The number of thiophene rings is 2. The van der Waals surface area contributed by atoms with E-state index in [0.717, 1.165) is 69.2 Å². The van der Waals surface area contributed by atoms with Crippen molar-refractivity contribution in [3.8, 4) is 11.5 Å². The lowest BCUT2D eigenvalue weighted by Gasteiger charge is -2.32. The molecule has 388 valence electrons. The van der Waals surface area contributed by atoms with Gasteiger partial charge in [0, 0.05) is 34.7 Å². The van der Waals surface area contributed by atoms with Gasteiger partial charge in [0.15, 0.2) is 0 Å². The van der Waals surface area contributed by atoms with Crippen LogP contribution in [0.25, 0.3) is 0 Å². The largest absolute Gasteiger partial charge is 0.491 e. The number of amides is 2. The summed E-state index contributed by atoms with van der Waals surface area (Å²) in [6, 6.07) is 16.7. The Hall–Kier alpha value is -4.76. The van der Waals surface area contributed by atoms with Crippen molar-refractivity contribution in [3.05, 3.63) is 101 Å². The molecule has 2 unspecified atom stereocenters. The standard InChI is InChI=1S/2C28H41NO5S/c2*1-10-28(11-2,20-12-13-21(18(3)14-20)34-17-22(30)27(5,6)7)23-15-19(4)25(35-23)26(32)29(8)16-24(31)33-9/h2*12-15,22,30H,10-11,16-17H2,1-9H3. The molecule has 0 saturated heterocycles. The zero-order valence-corrected chi connectivity index (χ0v) is 46.9. The van der Waals surface area contributed by atoms with Crippen molar-refractivity contribution >= 4 is 46.4 Å². The molecule has 0 aliphatic carbocycles. The molecule has 70 heavy (non-hydrogen) atoms. The van der Waals surface area contributed by atoms with E-state index in [1.807, 2.05) is 81.4 Å². The normalized spacial score (nSPS) is 12.9. The van der Waals surface area contributed by atoms with Crippen LogP contribution in [0.3, 0.4) is 0 Å². The first-order valence-electron chi connectivity index (χ1n) is 24.3. The van der Waals surface area contributed by atoms with Crippen LogP contribution in [0.15, 0.2) is 48.5 Å². The Bertz CT molecular complexity index is 2230. The summed E-state index contributed by atoms with van der Waals surface area (Å²) in [4.78, 5) is 55.7. The molecule has 0 aliphatic heterocycles. The molecule has 2 atom stereocenters. The monoisotopic (exact) mass is 1010 g/mol. The van der Waals surface area contributed by atoms with Gasteiger partial charge in [-0.05, 0) is 122 Å². The third-order valence-electron chi connectivity index (χ3n) is 13.7. The van der Waals surface area contributed by atoms with Gasteiger partial charge in [-0.2, -0.15) is 0 Å². The summed E-state index contributed by atoms with van der Waals surface area (Å²) in [7, 11) is 5.86. The van der Waals surface area contributed by atoms with Gasteiger partial charge in [0.1, 0.15) is 37.8 Å². The predicted molar refractivity (Wildman–Crippen MR) is 283 cm³/mol. The third kappa shape index (κ3) is 14.2. The van der Waals surface area contributed by atoms with Gasteiger partial charge in [-0.3, -0.25) is 19.2 Å². The van der Waals surface area contributed by atoms with E-state index in [0.29, 0.717) is 9.75 Å². The highest BCUT2D eigenvalue weighted by Gasteiger charge is 2.37. The lowest BCUT2D eigenvalue weighted by molar-refractivity contribution is -0.141. The average Bonchev–Trinajstić information content (AvgIpc) is 3.90. The minimum atomic E-state index is -0.561. The van der Waals surface area contributed by atoms with Crippen LogP contribution in [-0.2, 0) is 29.9 Å². The third-order valence-corrected chi connectivity index (χ3v) is 16.6.